The molecule has 2 aliphatic heterocycles. The van der Waals surface area contributed by atoms with Crippen LogP contribution < -0.4 is 0 Å². The maximum absolute atomic E-state index is 11.9. The first-order valence-electron chi connectivity index (χ1n) is 5.96. The third-order valence-corrected chi connectivity index (χ3v) is 3.13. The Morgan fingerprint density at radius 3 is 2.56 bits per heavy atom. The van der Waals surface area contributed by atoms with Crippen LogP contribution >= 0.6 is 0 Å². The van der Waals surface area contributed by atoms with E-state index in [9.17, 15) is 4.79 Å². The van der Waals surface area contributed by atoms with Gasteiger partial charge in [0.25, 0.3) is 0 Å². The molecule has 0 bridgehead atoms. The van der Waals surface area contributed by atoms with Crippen molar-refractivity contribution < 1.29 is 14.3 Å². The summed E-state index contributed by atoms with van der Waals surface area (Å²) in [6.45, 7) is 8.91. The first-order valence-corrected chi connectivity index (χ1v) is 5.96. The number of nitrogens with zero attached hydrogens (tertiary/aromatic N) is 1. The standard InChI is InChI=1S/C12H21NO3/c1-11(2,3)16-10(14)13-6-4-5-12(7-13)8-15-9-12/h4-9H2,1-3H3. The highest BCUT2D eigenvalue weighted by Gasteiger charge is 2.43. The van der Waals surface area contributed by atoms with Crippen LogP contribution in [0.25, 0.3) is 0 Å². The fourth-order valence-electron chi connectivity index (χ4n) is 2.32. The van der Waals surface area contributed by atoms with Gasteiger partial charge in [-0.3, -0.25) is 0 Å². The largest absolute Gasteiger partial charge is 0.444 e. The number of carbonyl (C=O) groups excluding carboxylic acids is 1. The number of likely N-dealkylation sites (tertiary alicyclic amines) is 1. The van der Waals surface area contributed by atoms with E-state index in [-0.39, 0.29) is 11.5 Å². The molecule has 0 aromatic rings. The third kappa shape index (κ3) is 2.48. The molecular formula is C12H21NO3. The maximum atomic E-state index is 11.9. The smallest absolute Gasteiger partial charge is 0.410 e. The third-order valence-electron chi connectivity index (χ3n) is 3.13. The van der Waals surface area contributed by atoms with Gasteiger partial charge in [0, 0.05) is 18.5 Å². The average molecular weight is 227 g/mol. The van der Waals surface area contributed by atoms with Crippen molar-refractivity contribution in [2.45, 2.75) is 39.2 Å². The minimum Gasteiger partial charge on any atom is -0.444 e. The summed E-state index contributed by atoms with van der Waals surface area (Å²) < 4.78 is 10.7. The Bertz CT molecular complexity index is 278. The van der Waals surface area contributed by atoms with Crippen molar-refractivity contribution in [3.63, 3.8) is 0 Å². The molecule has 2 fully saturated rings. The van der Waals surface area contributed by atoms with Gasteiger partial charge in [-0.05, 0) is 33.6 Å². The number of hydrogen-bond donors (Lipinski definition) is 0. The van der Waals surface area contributed by atoms with Crippen LogP contribution in [0, 0.1) is 5.41 Å². The molecule has 4 nitrogen and oxygen atoms in total. The number of hydrogen-bond acceptors (Lipinski definition) is 3. The predicted octanol–water partition coefficient (Wildman–Crippen LogP) is 2.03. The van der Waals surface area contributed by atoms with Crippen molar-refractivity contribution >= 4 is 6.09 Å². The van der Waals surface area contributed by atoms with E-state index in [2.05, 4.69) is 0 Å². The van der Waals surface area contributed by atoms with Crippen LogP contribution in [0.5, 0.6) is 0 Å². The summed E-state index contributed by atoms with van der Waals surface area (Å²) in [5, 5.41) is 0. The van der Waals surface area contributed by atoms with Crippen molar-refractivity contribution in [1.82, 2.24) is 4.90 Å². The van der Waals surface area contributed by atoms with Crippen molar-refractivity contribution in [3.8, 4) is 0 Å². The van der Waals surface area contributed by atoms with Crippen LogP contribution in [0.1, 0.15) is 33.6 Å². The van der Waals surface area contributed by atoms with E-state index in [0.717, 1.165) is 32.7 Å². The molecule has 0 aromatic heterocycles. The molecule has 2 heterocycles. The highest BCUT2D eigenvalue weighted by molar-refractivity contribution is 5.68. The molecule has 2 saturated heterocycles. The predicted molar refractivity (Wildman–Crippen MR) is 60.3 cm³/mol. The molecular weight excluding hydrogens is 206 g/mol. The summed E-state index contributed by atoms with van der Waals surface area (Å²) in [5.74, 6) is 0. The number of amides is 1. The topological polar surface area (TPSA) is 38.8 Å². The molecule has 2 rings (SSSR count). The Balaban J connectivity index is 1.91. The molecule has 1 spiro atoms. The van der Waals surface area contributed by atoms with Crippen LogP contribution in [0.15, 0.2) is 0 Å². The average Bonchev–Trinajstić information content (AvgIpc) is 2.13. The zero-order valence-corrected chi connectivity index (χ0v) is 10.4. The van der Waals surface area contributed by atoms with E-state index in [4.69, 9.17) is 9.47 Å². The summed E-state index contributed by atoms with van der Waals surface area (Å²) in [7, 11) is 0. The van der Waals surface area contributed by atoms with E-state index in [1.807, 2.05) is 25.7 Å². The fraction of sp³-hybridized carbons (Fsp3) is 0.917. The lowest BCUT2D eigenvalue weighted by atomic mass is 9.78. The summed E-state index contributed by atoms with van der Waals surface area (Å²) in [6.07, 6.45) is 2.05. The molecule has 0 N–H and O–H groups in total. The number of carbonyl (C=O) groups is 1. The van der Waals surface area contributed by atoms with Gasteiger partial charge in [-0.25, -0.2) is 4.79 Å². The minimum atomic E-state index is -0.405. The summed E-state index contributed by atoms with van der Waals surface area (Å²) in [4.78, 5) is 13.7. The van der Waals surface area contributed by atoms with Crippen LogP contribution in [0.2, 0.25) is 0 Å². The molecule has 16 heavy (non-hydrogen) atoms. The zero-order valence-electron chi connectivity index (χ0n) is 10.4. The molecule has 0 aromatic carbocycles. The molecule has 0 radical (unpaired) electrons. The van der Waals surface area contributed by atoms with E-state index in [1.54, 1.807) is 0 Å². The Hall–Kier alpha value is -0.770. The molecule has 1 amide bonds. The summed E-state index contributed by atoms with van der Waals surface area (Å²) in [6, 6.07) is 0. The molecule has 0 aliphatic carbocycles. The van der Waals surface area contributed by atoms with Crippen LogP contribution in [-0.4, -0.2) is 42.9 Å². The van der Waals surface area contributed by atoms with E-state index < -0.39 is 5.60 Å². The van der Waals surface area contributed by atoms with Gasteiger partial charge in [0.05, 0.1) is 13.2 Å². The van der Waals surface area contributed by atoms with Crippen LogP contribution in [0.3, 0.4) is 0 Å². The Morgan fingerprint density at radius 2 is 2.06 bits per heavy atom. The van der Waals surface area contributed by atoms with Gasteiger partial charge in [-0.15, -0.1) is 0 Å². The van der Waals surface area contributed by atoms with Gasteiger partial charge in [0.1, 0.15) is 5.60 Å². The molecule has 0 atom stereocenters. The van der Waals surface area contributed by atoms with Gasteiger partial charge in [-0.1, -0.05) is 0 Å². The lowest BCUT2D eigenvalue weighted by Crippen LogP contribution is -2.56. The SMILES string of the molecule is CC(C)(C)OC(=O)N1CCCC2(COC2)C1. The van der Waals surface area contributed by atoms with Gasteiger partial charge >= 0.3 is 6.09 Å². The number of piperidine rings is 1. The zero-order chi connectivity index (χ0) is 11.8. The lowest BCUT2D eigenvalue weighted by Gasteiger charge is -2.48. The van der Waals surface area contributed by atoms with Crippen molar-refractivity contribution in [1.29, 1.82) is 0 Å². The number of ether oxygens (including phenoxy) is 2. The Kier molecular flexibility index (Phi) is 2.86. The first-order chi connectivity index (χ1) is 7.40. The maximum Gasteiger partial charge on any atom is 0.410 e. The normalized spacial score (nSPS) is 24.1. The van der Waals surface area contributed by atoms with Crippen molar-refractivity contribution in [3.05, 3.63) is 0 Å². The molecule has 4 heteroatoms. The molecule has 2 aliphatic rings. The second kappa shape index (κ2) is 3.91. The molecule has 0 unspecified atom stereocenters. The van der Waals surface area contributed by atoms with E-state index >= 15 is 0 Å². The summed E-state index contributed by atoms with van der Waals surface area (Å²) in [5.41, 5.74) is -0.174. The van der Waals surface area contributed by atoms with E-state index in [0.29, 0.717) is 0 Å². The second-order valence-corrected chi connectivity index (χ2v) is 6.00. The lowest BCUT2D eigenvalue weighted by molar-refractivity contribution is -0.142. The molecule has 92 valence electrons. The van der Waals surface area contributed by atoms with Gasteiger partial charge in [-0.2, -0.15) is 0 Å². The van der Waals surface area contributed by atoms with Crippen molar-refractivity contribution in [2.75, 3.05) is 26.3 Å². The van der Waals surface area contributed by atoms with Crippen molar-refractivity contribution in [2.24, 2.45) is 5.41 Å². The van der Waals surface area contributed by atoms with Crippen LogP contribution in [0.4, 0.5) is 4.79 Å². The Labute approximate surface area is 96.9 Å². The minimum absolute atomic E-state index is 0.182. The second-order valence-electron chi connectivity index (χ2n) is 6.00. The number of rotatable bonds is 0. The van der Waals surface area contributed by atoms with Crippen LogP contribution in [-0.2, 0) is 9.47 Å². The summed E-state index contributed by atoms with van der Waals surface area (Å²) >= 11 is 0. The van der Waals surface area contributed by atoms with Gasteiger partial charge in [0.2, 0.25) is 0 Å². The monoisotopic (exact) mass is 227 g/mol. The van der Waals surface area contributed by atoms with Gasteiger partial charge < -0.3 is 14.4 Å². The highest BCUT2D eigenvalue weighted by Crippen LogP contribution is 2.37. The van der Waals surface area contributed by atoms with E-state index in [1.165, 1.54) is 6.42 Å². The molecule has 0 saturated carbocycles. The fourth-order valence-corrected chi connectivity index (χ4v) is 2.32. The quantitative estimate of drug-likeness (QED) is 0.635. The highest BCUT2D eigenvalue weighted by atomic mass is 16.6. The Morgan fingerprint density at radius 1 is 1.38 bits per heavy atom. The van der Waals surface area contributed by atoms with Gasteiger partial charge in [0.15, 0.2) is 0 Å². The first kappa shape index (κ1) is 11.7.